The quantitative estimate of drug-likeness (QED) is 0.465. The number of benzene rings is 2. The molecule has 0 aliphatic rings. The van der Waals surface area contributed by atoms with E-state index in [1.54, 1.807) is 60.7 Å². The Morgan fingerprint density at radius 1 is 0.682 bits per heavy atom. The normalized spacial score (nSPS) is 11.6. The molecule has 0 N–H and O–H groups in total. The zero-order chi connectivity index (χ0) is 15.9. The van der Waals surface area contributed by atoms with E-state index in [9.17, 15) is 20.2 Å². The molecule has 2 rings (SSSR count). The lowest BCUT2D eigenvalue weighted by atomic mass is 9.94. The van der Waals surface area contributed by atoms with Crippen LogP contribution in [0.25, 0.3) is 11.1 Å². The second-order valence-corrected chi connectivity index (χ2v) is 4.67. The van der Waals surface area contributed by atoms with Gasteiger partial charge < -0.3 is 0 Å². The van der Waals surface area contributed by atoms with Crippen LogP contribution in [0.15, 0.2) is 60.7 Å². The molecule has 6 nitrogen and oxygen atoms in total. The SMILES string of the molecule is O=[N+]([O-])CC(=C(C[N+](=O)[O-])c1ccccc1)c1ccccc1. The minimum absolute atomic E-state index is 0.369. The predicted octanol–water partition coefficient (Wildman–Crippen LogP) is 3.15. The zero-order valence-electron chi connectivity index (χ0n) is 11.7. The molecule has 6 heteroatoms. The second-order valence-electron chi connectivity index (χ2n) is 4.67. The standard InChI is InChI=1S/C16H14N2O4/c19-17(20)11-15(13-7-3-1-4-8-13)16(12-18(21)22)14-9-5-2-6-10-14/h1-10H,11-12H2. The van der Waals surface area contributed by atoms with Gasteiger partial charge in [0.15, 0.2) is 0 Å². The van der Waals surface area contributed by atoms with Gasteiger partial charge in [0, 0.05) is 21.0 Å². The third-order valence-electron chi connectivity index (χ3n) is 3.18. The Kier molecular flexibility index (Phi) is 4.98. The highest BCUT2D eigenvalue weighted by molar-refractivity contribution is 5.91. The summed E-state index contributed by atoms with van der Waals surface area (Å²) in [6, 6.07) is 17.5. The molecule has 0 saturated heterocycles. The van der Waals surface area contributed by atoms with Crippen molar-refractivity contribution in [2.24, 2.45) is 0 Å². The molecule has 0 atom stereocenters. The molecule has 0 saturated carbocycles. The third-order valence-corrected chi connectivity index (χ3v) is 3.18. The van der Waals surface area contributed by atoms with Crippen LogP contribution in [0.1, 0.15) is 11.1 Å². The van der Waals surface area contributed by atoms with Crippen molar-refractivity contribution in [2.75, 3.05) is 13.1 Å². The second kappa shape index (κ2) is 7.12. The van der Waals surface area contributed by atoms with Crippen molar-refractivity contribution in [3.05, 3.63) is 92.0 Å². The maximum Gasteiger partial charge on any atom is 0.230 e. The first-order chi connectivity index (χ1) is 10.6. The molecule has 0 bridgehead atoms. The molecule has 0 heterocycles. The van der Waals surface area contributed by atoms with Gasteiger partial charge in [0.1, 0.15) is 0 Å². The molecule has 2 aromatic rings. The first-order valence-corrected chi connectivity index (χ1v) is 6.64. The fourth-order valence-electron chi connectivity index (χ4n) is 2.26. The summed E-state index contributed by atoms with van der Waals surface area (Å²) < 4.78 is 0. The van der Waals surface area contributed by atoms with E-state index in [-0.39, 0.29) is 0 Å². The monoisotopic (exact) mass is 298 g/mol. The highest BCUT2D eigenvalue weighted by Crippen LogP contribution is 2.27. The maximum atomic E-state index is 11.0. The lowest BCUT2D eigenvalue weighted by Crippen LogP contribution is -2.11. The number of hydrogen-bond donors (Lipinski definition) is 0. The first-order valence-electron chi connectivity index (χ1n) is 6.64. The smallest absolute Gasteiger partial charge is 0.230 e. The van der Waals surface area contributed by atoms with Gasteiger partial charge in [0.2, 0.25) is 13.1 Å². The summed E-state index contributed by atoms with van der Waals surface area (Å²) >= 11 is 0. The molecule has 0 aliphatic heterocycles. The predicted molar refractivity (Wildman–Crippen MR) is 83.4 cm³/mol. The van der Waals surface area contributed by atoms with Crippen LogP contribution in [0.4, 0.5) is 0 Å². The molecule has 0 unspecified atom stereocenters. The van der Waals surface area contributed by atoms with Crippen molar-refractivity contribution in [1.82, 2.24) is 0 Å². The Morgan fingerprint density at radius 2 is 1.00 bits per heavy atom. The molecule has 0 aromatic heterocycles. The van der Waals surface area contributed by atoms with Crippen LogP contribution in [0.5, 0.6) is 0 Å². The number of nitrogens with zero attached hydrogens (tertiary/aromatic N) is 2. The Balaban J connectivity index is 2.64. The molecule has 0 radical (unpaired) electrons. The summed E-state index contributed by atoms with van der Waals surface area (Å²) in [4.78, 5) is 21.1. The van der Waals surface area contributed by atoms with Crippen molar-refractivity contribution in [1.29, 1.82) is 0 Å². The Morgan fingerprint density at radius 3 is 1.27 bits per heavy atom. The van der Waals surface area contributed by atoms with E-state index in [0.717, 1.165) is 0 Å². The van der Waals surface area contributed by atoms with E-state index in [1.165, 1.54) is 0 Å². The Bertz CT molecular complexity index is 635. The van der Waals surface area contributed by atoms with Crippen LogP contribution in [0, 0.1) is 20.2 Å². The molecule has 0 aliphatic carbocycles. The average Bonchev–Trinajstić information content (AvgIpc) is 2.52. The van der Waals surface area contributed by atoms with Crippen molar-refractivity contribution >= 4 is 11.1 Å². The largest absolute Gasteiger partial charge is 0.264 e. The summed E-state index contributed by atoms with van der Waals surface area (Å²) in [6.45, 7) is -0.913. The molecule has 112 valence electrons. The molecule has 22 heavy (non-hydrogen) atoms. The minimum atomic E-state index is -0.467. The molecule has 0 fully saturated rings. The van der Waals surface area contributed by atoms with Crippen LogP contribution >= 0.6 is 0 Å². The molecule has 0 amide bonds. The number of hydrogen-bond acceptors (Lipinski definition) is 4. The summed E-state index contributed by atoms with van der Waals surface area (Å²) in [5, 5.41) is 22.0. The lowest BCUT2D eigenvalue weighted by molar-refractivity contribution is -0.468. The van der Waals surface area contributed by atoms with Crippen molar-refractivity contribution < 1.29 is 9.85 Å². The van der Waals surface area contributed by atoms with Crippen LogP contribution in [-0.4, -0.2) is 22.9 Å². The average molecular weight is 298 g/mol. The third kappa shape index (κ3) is 3.99. The summed E-state index contributed by atoms with van der Waals surface area (Å²) in [5.41, 5.74) is 1.99. The topological polar surface area (TPSA) is 86.3 Å². The van der Waals surface area contributed by atoms with Gasteiger partial charge in [-0.3, -0.25) is 20.2 Å². The van der Waals surface area contributed by atoms with Gasteiger partial charge in [0.05, 0.1) is 0 Å². The van der Waals surface area contributed by atoms with Crippen molar-refractivity contribution in [3.63, 3.8) is 0 Å². The van der Waals surface area contributed by atoms with Crippen molar-refractivity contribution in [2.45, 2.75) is 0 Å². The maximum absolute atomic E-state index is 11.0. The van der Waals surface area contributed by atoms with E-state index >= 15 is 0 Å². The zero-order valence-corrected chi connectivity index (χ0v) is 11.7. The van der Waals surface area contributed by atoms with E-state index in [4.69, 9.17) is 0 Å². The van der Waals surface area contributed by atoms with Crippen molar-refractivity contribution in [3.8, 4) is 0 Å². The number of nitro groups is 2. The van der Waals surface area contributed by atoms with Gasteiger partial charge in [-0.2, -0.15) is 0 Å². The first kappa shape index (κ1) is 15.4. The Hall–Kier alpha value is -3.02. The highest BCUT2D eigenvalue weighted by atomic mass is 16.6. The van der Waals surface area contributed by atoms with Gasteiger partial charge in [-0.25, -0.2) is 0 Å². The van der Waals surface area contributed by atoms with E-state index < -0.39 is 22.9 Å². The van der Waals surface area contributed by atoms with Gasteiger partial charge >= 0.3 is 0 Å². The van der Waals surface area contributed by atoms with Gasteiger partial charge in [-0.1, -0.05) is 60.7 Å². The molecular weight excluding hydrogens is 284 g/mol. The molecule has 0 spiro atoms. The number of rotatable bonds is 6. The van der Waals surface area contributed by atoms with E-state index in [1.807, 2.05) is 0 Å². The summed E-state index contributed by atoms with van der Waals surface area (Å²) in [5.74, 6) is 0. The highest BCUT2D eigenvalue weighted by Gasteiger charge is 2.20. The van der Waals surface area contributed by atoms with Gasteiger partial charge in [-0.05, 0) is 11.1 Å². The summed E-state index contributed by atoms with van der Waals surface area (Å²) in [7, 11) is 0. The van der Waals surface area contributed by atoms with Crippen LogP contribution < -0.4 is 0 Å². The minimum Gasteiger partial charge on any atom is -0.264 e. The molecular formula is C16H14N2O4. The van der Waals surface area contributed by atoms with E-state index in [2.05, 4.69) is 0 Å². The Labute approximate surface area is 127 Å². The lowest BCUT2D eigenvalue weighted by Gasteiger charge is -2.10. The van der Waals surface area contributed by atoms with E-state index in [0.29, 0.717) is 22.3 Å². The van der Waals surface area contributed by atoms with Gasteiger partial charge in [0.25, 0.3) is 0 Å². The molecule has 2 aromatic carbocycles. The van der Waals surface area contributed by atoms with Crippen LogP contribution in [-0.2, 0) is 0 Å². The summed E-state index contributed by atoms with van der Waals surface area (Å²) in [6.07, 6.45) is 0. The van der Waals surface area contributed by atoms with Crippen LogP contribution in [0.2, 0.25) is 0 Å². The fraction of sp³-hybridized carbons (Fsp3) is 0.125. The van der Waals surface area contributed by atoms with Crippen LogP contribution in [0.3, 0.4) is 0 Å². The van der Waals surface area contributed by atoms with Gasteiger partial charge in [-0.15, -0.1) is 0 Å². The fourth-order valence-corrected chi connectivity index (χ4v) is 2.26.